The fourth-order valence-corrected chi connectivity index (χ4v) is 2.88. The van der Waals surface area contributed by atoms with Gasteiger partial charge in [0.05, 0.1) is 7.11 Å². The second kappa shape index (κ2) is 8.00. The predicted octanol–water partition coefficient (Wildman–Crippen LogP) is 1.62. The maximum absolute atomic E-state index is 11.7. The van der Waals surface area contributed by atoms with Crippen LogP contribution in [0.2, 0.25) is 0 Å². The summed E-state index contributed by atoms with van der Waals surface area (Å²) in [5.41, 5.74) is 1.23. The van der Waals surface area contributed by atoms with Crippen LogP contribution in [-0.2, 0) is 11.3 Å². The minimum absolute atomic E-state index is 0.158. The lowest BCUT2D eigenvalue weighted by Gasteiger charge is -2.37. The highest BCUT2D eigenvalue weighted by Gasteiger charge is 2.29. The number of carbonyl (C=O) groups excluding carboxylic acids is 1. The van der Waals surface area contributed by atoms with Crippen molar-refractivity contribution >= 4 is 6.09 Å². The molecule has 1 aromatic rings. The second-order valence-electron chi connectivity index (χ2n) is 5.55. The number of nitrogens with zero attached hydrogens (tertiary/aromatic N) is 1. The maximum Gasteiger partial charge on any atom is 0.409 e. The van der Waals surface area contributed by atoms with Gasteiger partial charge in [-0.25, -0.2) is 4.79 Å². The van der Waals surface area contributed by atoms with Crippen molar-refractivity contribution in [1.29, 1.82) is 0 Å². The Labute approximate surface area is 125 Å². The number of piperidine rings is 1. The molecule has 116 valence electrons. The van der Waals surface area contributed by atoms with Gasteiger partial charge in [0.2, 0.25) is 0 Å². The smallest absolute Gasteiger partial charge is 0.409 e. The Balaban J connectivity index is 1.92. The summed E-state index contributed by atoms with van der Waals surface area (Å²) >= 11 is 0. The monoisotopic (exact) mass is 292 g/mol. The van der Waals surface area contributed by atoms with E-state index in [0.29, 0.717) is 19.0 Å². The van der Waals surface area contributed by atoms with Gasteiger partial charge >= 0.3 is 6.09 Å². The number of nitrogens with one attached hydrogen (secondary N) is 1. The van der Waals surface area contributed by atoms with Gasteiger partial charge in [0.1, 0.15) is 0 Å². The number of aliphatic hydroxyl groups is 1. The molecule has 0 radical (unpaired) electrons. The van der Waals surface area contributed by atoms with Gasteiger partial charge in [0.15, 0.2) is 0 Å². The Morgan fingerprint density at radius 1 is 1.38 bits per heavy atom. The number of hydrogen-bond donors (Lipinski definition) is 2. The number of benzene rings is 1. The van der Waals surface area contributed by atoms with Gasteiger partial charge in [0.25, 0.3) is 0 Å². The number of rotatable bonds is 5. The van der Waals surface area contributed by atoms with Gasteiger partial charge < -0.3 is 20.1 Å². The molecule has 0 spiro atoms. The van der Waals surface area contributed by atoms with Crippen molar-refractivity contribution in [3.63, 3.8) is 0 Å². The van der Waals surface area contributed by atoms with Crippen molar-refractivity contribution < 1.29 is 14.6 Å². The molecule has 1 aromatic carbocycles. The fraction of sp³-hybridized carbons (Fsp3) is 0.562. The Bertz CT molecular complexity index is 438. The normalized spacial score (nSPS) is 22.1. The van der Waals surface area contributed by atoms with Crippen molar-refractivity contribution in [3.05, 3.63) is 35.9 Å². The number of likely N-dealkylation sites (tertiary alicyclic amines) is 1. The molecule has 1 saturated heterocycles. The van der Waals surface area contributed by atoms with E-state index in [4.69, 9.17) is 9.84 Å². The lowest BCUT2D eigenvalue weighted by Crippen LogP contribution is -2.51. The van der Waals surface area contributed by atoms with Crippen LogP contribution in [0.4, 0.5) is 4.79 Å². The van der Waals surface area contributed by atoms with Crippen LogP contribution in [0.25, 0.3) is 0 Å². The van der Waals surface area contributed by atoms with Crippen molar-refractivity contribution in [1.82, 2.24) is 10.2 Å². The summed E-state index contributed by atoms with van der Waals surface area (Å²) < 4.78 is 4.82. The van der Waals surface area contributed by atoms with E-state index < -0.39 is 0 Å². The van der Waals surface area contributed by atoms with Crippen LogP contribution in [-0.4, -0.2) is 48.9 Å². The zero-order chi connectivity index (χ0) is 15.1. The maximum atomic E-state index is 11.7. The van der Waals surface area contributed by atoms with Gasteiger partial charge in [-0.1, -0.05) is 30.3 Å². The van der Waals surface area contributed by atoms with Crippen LogP contribution in [0.15, 0.2) is 30.3 Å². The number of aliphatic hydroxyl groups excluding tert-OH is 1. The number of hydrogen-bond acceptors (Lipinski definition) is 4. The molecule has 5 heteroatoms. The van der Waals surface area contributed by atoms with Crippen molar-refractivity contribution in [2.75, 3.05) is 26.8 Å². The third kappa shape index (κ3) is 4.72. The molecule has 1 aliphatic rings. The topological polar surface area (TPSA) is 61.8 Å². The highest BCUT2D eigenvalue weighted by Crippen LogP contribution is 2.20. The van der Waals surface area contributed by atoms with Gasteiger partial charge in [-0.2, -0.15) is 0 Å². The second-order valence-corrected chi connectivity index (χ2v) is 5.55. The zero-order valence-electron chi connectivity index (χ0n) is 12.5. The number of methoxy groups -OCH3 is 1. The van der Waals surface area contributed by atoms with Gasteiger partial charge in [-0.05, 0) is 24.3 Å². The molecule has 0 aromatic heterocycles. The third-order valence-corrected chi connectivity index (χ3v) is 3.95. The Morgan fingerprint density at radius 2 is 2.14 bits per heavy atom. The van der Waals surface area contributed by atoms with Crippen molar-refractivity contribution in [3.8, 4) is 0 Å². The van der Waals surface area contributed by atoms with E-state index in [1.54, 1.807) is 4.90 Å². The molecule has 0 aliphatic carbocycles. The minimum atomic E-state index is -0.288. The van der Waals surface area contributed by atoms with E-state index in [0.717, 1.165) is 19.4 Å². The first-order chi connectivity index (χ1) is 10.2. The largest absolute Gasteiger partial charge is 0.453 e. The summed E-state index contributed by atoms with van der Waals surface area (Å²) in [5, 5.41) is 12.6. The average Bonchev–Trinajstić information content (AvgIpc) is 2.53. The molecule has 21 heavy (non-hydrogen) atoms. The van der Waals surface area contributed by atoms with E-state index in [2.05, 4.69) is 17.4 Å². The van der Waals surface area contributed by atoms with Crippen LogP contribution in [0.5, 0.6) is 0 Å². The SMILES string of the molecule is COC(=O)N1CC(CCO)CC(NCc2ccccc2)C1. The van der Waals surface area contributed by atoms with E-state index in [1.165, 1.54) is 12.7 Å². The van der Waals surface area contributed by atoms with Crippen LogP contribution in [0.1, 0.15) is 18.4 Å². The lowest BCUT2D eigenvalue weighted by molar-refractivity contribution is 0.0841. The van der Waals surface area contributed by atoms with E-state index in [1.807, 2.05) is 18.2 Å². The summed E-state index contributed by atoms with van der Waals surface area (Å²) in [4.78, 5) is 13.5. The third-order valence-electron chi connectivity index (χ3n) is 3.95. The summed E-state index contributed by atoms with van der Waals surface area (Å²) in [5.74, 6) is 0.316. The molecule has 0 saturated carbocycles. The molecule has 2 N–H and O–H groups in total. The van der Waals surface area contributed by atoms with Crippen LogP contribution in [0, 0.1) is 5.92 Å². The molecule has 0 bridgehead atoms. The summed E-state index contributed by atoms with van der Waals surface area (Å²) in [6.07, 6.45) is 1.40. The van der Waals surface area contributed by atoms with Crippen LogP contribution in [0.3, 0.4) is 0 Å². The first-order valence-electron chi connectivity index (χ1n) is 7.44. The summed E-state index contributed by atoms with van der Waals surface area (Å²) in [7, 11) is 1.41. The zero-order valence-corrected chi connectivity index (χ0v) is 12.5. The standard InChI is InChI=1S/C16H24N2O3/c1-21-16(20)18-11-14(7-8-19)9-15(12-18)17-10-13-5-3-2-4-6-13/h2-6,14-15,17,19H,7-12H2,1H3. The van der Waals surface area contributed by atoms with Gasteiger partial charge in [0, 0.05) is 32.3 Å². The first kappa shape index (κ1) is 15.8. The van der Waals surface area contributed by atoms with Crippen molar-refractivity contribution in [2.24, 2.45) is 5.92 Å². The molecule has 1 heterocycles. The molecule has 1 amide bonds. The fourth-order valence-electron chi connectivity index (χ4n) is 2.88. The first-order valence-corrected chi connectivity index (χ1v) is 7.44. The van der Waals surface area contributed by atoms with Crippen LogP contribution >= 0.6 is 0 Å². The van der Waals surface area contributed by atoms with Gasteiger partial charge in [-0.3, -0.25) is 0 Å². The minimum Gasteiger partial charge on any atom is -0.453 e. The molecule has 2 rings (SSSR count). The highest BCUT2D eigenvalue weighted by atomic mass is 16.5. The molecule has 2 atom stereocenters. The van der Waals surface area contributed by atoms with E-state index in [9.17, 15) is 4.79 Å². The number of carbonyl (C=O) groups is 1. The molecule has 5 nitrogen and oxygen atoms in total. The van der Waals surface area contributed by atoms with E-state index >= 15 is 0 Å². The molecule has 1 aliphatic heterocycles. The molecular weight excluding hydrogens is 268 g/mol. The Morgan fingerprint density at radius 3 is 2.81 bits per heavy atom. The Hall–Kier alpha value is -1.59. The van der Waals surface area contributed by atoms with Gasteiger partial charge in [-0.15, -0.1) is 0 Å². The number of amides is 1. The quantitative estimate of drug-likeness (QED) is 0.865. The lowest BCUT2D eigenvalue weighted by atomic mass is 9.92. The molecule has 1 fully saturated rings. The summed E-state index contributed by atoms with van der Waals surface area (Å²) in [6.45, 7) is 2.26. The van der Waals surface area contributed by atoms with E-state index in [-0.39, 0.29) is 18.7 Å². The highest BCUT2D eigenvalue weighted by molar-refractivity contribution is 5.67. The molecular formula is C16H24N2O3. The molecule has 2 unspecified atom stereocenters. The number of ether oxygens (including phenoxy) is 1. The predicted molar refractivity (Wildman–Crippen MR) is 80.9 cm³/mol. The average molecular weight is 292 g/mol. The van der Waals surface area contributed by atoms with Crippen molar-refractivity contribution in [2.45, 2.75) is 25.4 Å². The summed E-state index contributed by atoms with van der Waals surface area (Å²) in [6, 6.07) is 10.4. The Kier molecular flexibility index (Phi) is 6.02. The van der Waals surface area contributed by atoms with Crippen LogP contribution < -0.4 is 5.32 Å².